The Balaban J connectivity index is 1.29. The third kappa shape index (κ3) is 4.69. The molecular weight excluding hydrogens is 370 g/mol. The number of hydrogen-bond donors (Lipinski definition) is 1. The molecule has 0 bridgehead atoms. The number of nitrogens with zero attached hydrogens (tertiary/aromatic N) is 2. The fourth-order valence-electron chi connectivity index (χ4n) is 3.62. The number of carbonyl (C=O) groups is 1. The highest BCUT2D eigenvalue weighted by Crippen LogP contribution is 2.25. The number of aryl methyl sites for hydroxylation is 1. The van der Waals surface area contributed by atoms with Crippen LogP contribution in [0.4, 0.5) is 0 Å². The van der Waals surface area contributed by atoms with Crippen LogP contribution in [0.2, 0.25) is 0 Å². The molecule has 0 radical (unpaired) electrons. The third-order valence-electron chi connectivity index (χ3n) is 5.13. The highest BCUT2D eigenvalue weighted by Gasteiger charge is 2.25. The Bertz CT molecular complexity index is 870. The first kappa shape index (κ1) is 18.9. The number of rotatable bonds is 8. The molecule has 3 aromatic rings. The zero-order valence-electron chi connectivity index (χ0n) is 15.8. The maximum Gasteiger partial charge on any atom is 0.220 e. The summed E-state index contributed by atoms with van der Waals surface area (Å²) in [5, 5.41) is 6.14. The largest absolute Gasteiger partial charge is 0.468 e. The van der Waals surface area contributed by atoms with E-state index in [-0.39, 0.29) is 11.9 Å². The van der Waals surface area contributed by atoms with E-state index in [9.17, 15) is 4.79 Å². The Labute approximate surface area is 169 Å². The summed E-state index contributed by atoms with van der Waals surface area (Å²) in [6.07, 6.45) is 5.22. The van der Waals surface area contributed by atoms with Crippen molar-refractivity contribution < 1.29 is 9.21 Å². The number of hydrogen-bond acceptors (Lipinski definition) is 5. The predicted molar refractivity (Wildman–Crippen MR) is 111 cm³/mol. The van der Waals surface area contributed by atoms with Crippen LogP contribution < -0.4 is 5.32 Å². The van der Waals surface area contributed by atoms with Crippen LogP contribution in [0.5, 0.6) is 0 Å². The van der Waals surface area contributed by atoms with Gasteiger partial charge in [0.1, 0.15) is 10.8 Å². The first-order valence-electron chi connectivity index (χ1n) is 9.83. The molecule has 2 aromatic heterocycles. The number of furan rings is 1. The van der Waals surface area contributed by atoms with E-state index in [1.807, 2.05) is 35.7 Å². The lowest BCUT2D eigenvalue weighted by atomic mass is 10.2. The first-order valence-corrected chi connectivity index (χ1v) is 10.7. The van der Waals surface area contributed by atoms with Crippen LogP contribution in [0.25, 0.3) is 10.6 Å². The van der Waals surface area contributed by atoms with Gasteiger partial charge in [0.2, 0.25) is 5.91 Å². The van der Waals surface area contributed by atoms with E-state index in [1.165, 1.54) is 12.8 Å². The van der Waals surface area contributed by atoms with Crippen molar-refractivity contribution in [2.75, 3.05) is 19.6 Å². The molecule has 1 aliphatic rings. The summed E-state index contributed by atoms with van der Waals surface area (Å²) in [6.45, 7) is 2.70. The van der Waals surface area contributed by atoms with E-state index in [0.29, 0.717) is 19.4 Å². The number of amides is 1. The van der Waals surface area contributed by atoms with Gasteiger partial charge in [-0.1, -0.05) is 30.3 Å². The van der Waals surface area contributed by atoms with Gasteiger partial charge in [-0.2, -0.15) is 0 Å². The van der Waals surface area contributed by atoms with Gasteiger partial charge >= 0.3 is 0 Å². The molecular formula is C22H25N3O2S. The topological polar surface area (TPSA) is 58.4 Å². The van der Waals surface area contributed by atoms with Gasteiger partial charge in [-0.15, -0.1) is 11.3 Å². The zero-order chi connectivity index (χ0) is 19.2. The standard InChI is InChI=1S/C22H25N3O2S/c26-21(11-10-18-16-28-22(24-18)17-7-2-1-3-8-17)23-15-19(20-9-6-14-27-20)25-12-4-5-13-25/h1-3,6-9,14,16,19H,4-5,10-13,15H2,(H,23,26). The summed E-state index contributed by atoms with van der Waals surface area (Å²) in [5.41, 5.74) is 2.09. The molecule has 1 saturated heterocycles. The molecule has 4 rings (SSSR count). The van der Waals surface area contributed by atoms with Crippen LogP contribution in [0.15, 0.2) is 58.5 Å². The minimum atomic E-state index is 0.0602. The molecule has 1 N–H and O–H groups in total. The lowest BCUT2D eigenvalue weighted by Crippen LogP contribution is -2.36. The van der Waals surface area contributed by atoms with Gasteiger partial charge in [0.15, 0.2) is 0 Å². The molecule has 0 saturated carbocycles. The van der Waals surface area contributed by atoms with Crippen molar-refractivity contribution in [2.45, 2.75) is 31.7 Å². The minimum Gasteiger partial charge on any atom is -0.468 e. The molecule has 1 unspecified atom stereocenters. The predicted octanol–water partition coefficient (Wildman–Crippen LogP) is 4.29. The summed E-state index contributed by atoms with van der Waals surface area (Å²) in [7, 11) is 0. The SMILES string of the molecule is O=C(CCc1csc(-c2ccccc2)n1)NCC(c1ccco1)N1CCCC1. The molecule has 1 aromatic carbocycles. The third-order valence-corrected chi connectivity index (χ3v) is 6.07. The molecule has 1 aliphatic heterocycles. The number of thiazole rings is 1. The summed E-state index contributed by atoms with van der Waals surface area (Å²) in [5.74, 6) is 0.985. The van der Waals surface area contributed by atoms with Crippen LogP contribution in [-0.2, 0) is 11.2 Å². The Morgan fingerprint density at radius 2 is 2.00 bits per heavy atom. The van der Waals surface area contributed by atoms with Crippen LogP contribution >= 0.6 is 11.3 Å². The molecule has 3 heterocycles. The first-order chi connectivity index (χ1) is 13.8. The van der Waals surface area contributed by atoms with Crippen molar-refractivity contribution in [3.8, 4) is 10.6 Å². The maximum atomic E-state index is 12.4. The summed E-state index contributed by atoms with van der Waals surface area (Å²) >= 11 is 1.63. The monoisotopic (exact) mass is 395 g/mol. The maximum absolute atomic E-state index is 12.4. The molecule has 1 amide bonds. The minimum absolute atomic E-state index is 0.0602. The average molecular weight is 396 g/mol. The molecule has 0 spiro atoms. The summed E-state index contributed by atoms with van der Waals surface area (Å²) in [6, 6.07) is 14.2. The van der Waals surface area contributed by atoms with Crippen LogP contribution in [0.1, 0.15) is 36.8 Å². The number of aromatic nitrogens is 1. The highest BCUT2D eigenvalue weighted by molar-refractivity contribution is 7.13. The van der Waals surface area contributed by atoms with E-state index >= 15 is 0 Å². The van der Waals surface area contributed by atoms with Gasteiger partial charge in [0, 0.05) is 23.9 Å². The second-order valence-electron chi connectivity index (χ2n) is 7.09. The molecule has 1 atom stereocenters. The van der Waals surface area contributed by atoms with Gasteiger partial charge in [-0.3, -0.25) is 9.69 Å². The molecule has 146 valence electrons. The normalized spacial score (nSPS) is 15.6. The molecule has 0 aliphatic carbocycles. The second kappa shape index (κ2) is 9.17. The van der Waals surface area contributed by atoms with Crippen molar-refractivity contribution in [2.24, 2.45) is 0 Å². The van der Waals surface area contributed by atoms with Crippen molar-refractivity contribution in [3.05, 3.63) is 65.6 Å². The van der Waals surface area contributed by atoms with Gasteiger partial charge in [0.25, 0.3) is 0 Å². The molecule has 6 heteroatoms. The smallest absolute Gasteiger partial charge is 0.220 e. The molecule has 1 fully saturated rings. The van der Waals surface area contributed by atoms with Crippen molar-refractivity contribution in [3.63, 3.8) is 0 Å². The zero-order valence-corrected chi connectivity index (χ0v) is 16.7. The van der Waals surface area contributed by atoms with Crippen molar-refractivity contribution >= 4 is 17.2 Å². The molecule has 28 heavy (non-hydrogen) atoms. The second-order valence-corrected chi connectivity index (χ2v) is 7.95. The van der Waals surface area contributed by atoms with Crippen LogP contribution in [-0.4, -0.2) is 35.4 Å². The number of benzene rings is 1. The quantitative estimate of drug-likeness (QED) is 0.618. The Kier molecular flexibility index (Phi) is 6.19. The fourth-order valence-corrected chi connectivity index (χ4v) is 4.48. The Hall–Kier alpha value is -2.44. The van der Waals surface area contributed by atoms with Crippen molar-refractivity contribution in [1.29, 1.82) is 0 Å². The Morgan fingerprint density at radius 1 is 1.18 bits per heavy atom. The van der Waals surface area contributed by atoms with Gasteiger partial charge in [-0.05, 0) is 44.5 Å². The van der Waals surface area contributed by atoms with Gasteiger partial charge in [-0.25, -0.2) is 4.98 Å². The van der Waals surface area contributed by atoms with E-state index in [4.69, 9.17) is 4.42 Å². The van der Waals surface area contributed by atoms with Gasteiger partial charge < -0.3 is 9.73 Å². The van der Waals surface area contributed by atoms with Crippen molar-refractivity contribution in [1.82, 2.24) is 15.2 Å². The Morgan fingerprint density at radius 3 is 2.75 bits per heavy atom. The highest BCUT2D eigenvalue weighted by atomic mass is 32.1. The van der Waals surface area contributed by atoms with E-state index in [0.717, 1.165) is 35.1 Å². The average Bonchev–Trinajstić information content (AvgIpc) is 3.50. The van der Waals surface area contributed by atoms with Crippen LogP contribution in [0.3, 0.4) is 0 Å². The summed E-state index contributed by atoms with van der Waals surface area (Å²) < 4.78 is 5.61. The lowest BCUT2D eigenvalue weighted by Gasteiger charge is -2.26. The number of likely N-dealkylation sites (tertiary alicyclic amines) is 1. The summed E-state index contributed by atoms with van der Waals surface area (Å²) in [4.78, 5) is 19.5. The van der Waals surface area contributed by atoms with E-state index in [1.54, 1.807) is 17.6 Å². The van der Waals surface area contributed by atoms with E-state index in [2.05, 4.69) is 27.3 Å². The molecule has 5 nitrogen and oxygen atoms in total. The number of carbonyl (C=O) groups excluding carboxylic acids is 1. The lowest BCUT2D eigenvalue weighted by molar-refractivity contribution is -0.121. The van der Waals surface area contributed by atoms with E-state index < -0.39 is 0 Å². The van der Waals surface area contributed by atoms with Gasteiger partial charge in [0.05, 0.1) is 18.0 Å². The number of nitrogens with one attached hydrogen (secondary N) is 1. The van der Waals surface area contributed by atoms with Crippen LogP contribution in [0, 0.1) is 0 Å². The fraction of sp³-hybridized carbons (Fsp3) is 0.364.